The predicted molar refractivity (Wildman–Crippen MR) is 228 cm³/mol. The van der Waals surface area contributed by atoms with E-state index >= 15 is 0 Å². The molecule has 17 nitrogen and oxygen atoms in total. The van der Waals surface area contributed by atoms with Gasteiger partial charge in [0, 0.05) is 45.8 Å². The number of hydrogen-bond acceptors (Lipinski definition) is 11. The molecule has 0 saturated heterocycles. The van der Waals surface area contributed by atoms with Crippen molar-refractivity contribution < 1.29 is 33.8 Å². The van der Waals surface area contributed by atoms with Crippen LogP contribution in [0.2, 0.25) is 0 Å². The highest BCUT2D eigenvalue weighted by Crippen LogP contribution is 2.57. The molecule has 0 atom stereocenters. The number of aromatic carboxylic acids is 1. The lowest BCUT2D eigenvalue weighted by Crippen LogP contribution is -2.58. The zero-order valence-corrected chi connectivity index (χ0v) is 35.8. The number of fused-ring (bicyclic) bond motifs is 2. The maximum Gasteiger partial charge on any atom is 0.339 e. The third kappa shape index (κ3) is 8.94. The van der Waals surface area contributed by atoms with Crippen molar-refractivity contribution in [3.63, 3.8) is 0 Å². The molecule has 0 unspecified atom stereocenters. The highest BCUT2D eigenvalue weighted by molar-refractivity contribution is 9.10. The van der Waals surface area contributed by atoms with Crippen molar-refractivity contribution in [1.82, 2.24) is 34.5 Å². The van der Waals surface area contributed by atoms with Crippen LogP contribution in [0.3, 0.4) is 0 Å². The van der Waals surface area contributed by atoms with Crippen molar-refractivity contribution in [2.24, 2.45) is 28.0 Å². The number of nitrogens with zero attached hydrogens (tertiary/aromatic N) is 6. The van der Waals surface area contributed by atoms with Crippen LogP contribution in [0.5, 0.6) is 11.8 Å². The van der Waals surface area contributed by atoms with Gasteiger partial charge in [-0.1, -0.05) is 0 Å². The molecule has 0 aliphatic heterocycles. The maximum atomic E-state index is 12.7. The molecule has 6 aromatic rings. The van der Waals surface area contributed by atoms with E-state index in [0.29, 0.717) is 45.4 Å². The van der Waals surface area contributed by atoms with Crippen molar-refractivity contribution in [2.75, 3.05) is 0 Å². The number of primary amides is 2. The summed E-state index contributed by atoms with van der Waals surface area (Å²) < 4.78 is 16.6. The van der Waals surface area contributed by atoms with E-state index < -0.39 is 17.8 Å². The summed E-state index contributed by atoms with van der Waals surface area (Å²) in [6, 6.07) is 14.4. The third-order valence-electron chi connectivity index (χ3n) is 11.8. The van der Waals surface area contributed by atoms with Crippen molar-refractivity contribution in [2.45, 2.75) is 75.7 Å². The summed E-state index contributed by atoms with van der Waals surface area (Å²) in [4.78, 5) is 54.3. The van der Waals surface area contributed by atoms with Crippen molar-refractivity contribution in [3.8, 4) is 11.8 Å². The smallest absolute Gasteiger partial charge is 0.339 e. The monoisotopic (exact) mass is 956 g/mol. The first-order chi connectivity index (χ1) is 29.2. The van der Waals surface area contributed by atoms with Crippen LogP contribution < -0.4 is 32.0 Å². The predicted octanol–water partition coefficient (Wildman–Crippen LogP) is 5.33. The highest BCUT2D eigenvalue weighted by Gasteiger charge is 2.55. The van der Waals surface area contributed by atoms with E-state index in [-0.39, 0.29) is 35.1 Å². The summed E-state index contributed by atoms with van der Waals surface area (Å²) in [5.74, 6) is -1.45. The Kier molecular flexibility index (Phi) is 11.5. The lowest BCUT2D eigenvalue weighted by Gasteiger charge is -2.57. The fourth-order valence-electron chi connectivity index (χ4n) is 8.97. The second-order valence-corrected chi connectivity index (χ2v) is 18.1. The van der Waals surface area contributed by atoms with Crippen LogP contribution >= 0.6 is 31.9 Å². The van der Waals surface area contributed by atoms with Crippen LogP contribution in [0.15, 0.2) is 94.7 Å². The molecule has 2 spiro atoms. The van der Waals surface area contributed by atoms with Crippen molar-refractivity contribution >= 4 is 66.6 Å². The Bertz CT molecular complexity index is 2640. The molecule has 19 heteroatoms. The number of nitrogens with two attached hydrogens (primary N) is 3. The van der Waals surface area contributed by atoms with E-state index in [1.807, 2.05) is 18.3 Å². The number of pyridine rings is 4. The first kappa shape index (κ1) is 41.8. The van der Waals surface area contributed by atoms with E-state index in [1.54, 1.807) is 65.7 Å². The standard InChI is InChI=1S/C21H20BrN5O3.C13H17N3O2.C8H5BrN2O2/c22-12-3-4-17-16(10-25-27(17)11-12)19(29)26-13-6-21(7-13)8-14(9-21)30-20-15(18(23)28)2-1-5-24-20;14-8-4-13(5-8)6-9(7-13)18-12-10(11(15)17)2-1-3-16-12;9-5-1-2-7-6(8(12)13)3-10-11(7)4-5/h1-5,10-11,13-14H,6-9H2,(H2,23,28)(H,26,29);1-3,8-9H,4-7,14H2,(H2,15,17);1-4H,(H,12,13). The molecule has 0 radical (unpaired) electrons. The fraction of sp³-hybridized carbons (Fsp3) is 0.333. The number of carbonyl (C=O) groups excluding carboxylic acids is 3. The summed E-state index contributed by atoms with van der Waals surface area (Å²) >= 11 is 6.67. The zero-order valence-electron chi connectivity index (χ0n) is 32.6. The van der Waals surface area contributed by atoms with Crippen LogP contribution in [0.25, 0.3) is 11.0 Å². The Morgan fingerprint density at radius 2 is 1.13 bits per heavy atom. The fourth-order valence-corrected chi connectivity index (χ4v) is 9.62. The quantitative estimate of drug-likeness (QED) is 0.123. The summed E-state index contributed by atoms with van der Waals surface area (Å²) in [6.07, 6.45) is 17.7. The molecule has 10 rings (SSSR count). The van der Waals surface area contributed by atoms with Gasteiger partial charge in [-0.25, -0.2) is 23.8 Å². The number of carboxylic acid groups (broad SMARTS) is 1. The van der Waals surface area contributed by atoms with Gasteiger partial charge in [-0.05, 0) is 143 Å². The van der Waals surface area contributed by atoms with E-state index in [9.17, 15) is 19.2 Å². The summed E-state index contributed by atoms with van der Waals surface area (Å²) in [5.41, 5.74) is 19.9. The zero-order chi connectivity index (χ0) is 43.1. The molecule has 4 aliphatic rings. The first-order valence-electron chi connectivity index (χ1n) is 19.6. The van der Waals surface area contributed by atoms with Crippen LogP contribution in [-0.2, 0) is 0 Å². The van der Waals surface area contributed by atoms with Crippen molar-refractivity contribution in [3.05, 3.63) is 117 Å². The van der Waals surface area contributed by atoms with Gasteiger partial charge >= 0.3 is 5.97 Å². The second kappa shape index (κ2) is 16.9. The molecular weight excluding hydrogens is 916 g/mol. The highest BCUT2D eigenvalue weighted by atomic mass is 79.9. The maximum absolute atomic E-state index is 12.7. The Hall–Kier alpha value is -5.92. The number of rotatable bonds is 9. The molecule has 6 aromatic heterocycles. The minimum atomic E-state index is -0.961. The molecule has 0 bridgehead atoms. The molecule has 4 aliphatic carbocycles. The van der Waals surface area contributed by atoms with Gasteiger partial charge < -0.3 is 37.1 Å². The van der Waals surface area contributed by atoms with Gasteiger partial charge in [0.25, 0.3) is 17.7 Å². The van der Waals surface area contributed by atoms with Crippen LogP contribution in [-0.4, -0.2) is 82.3 Å². The van der Waals surface area contributed by atoms with Crippen LogP contribution in [0, 0.1) is 10.8 Å². The van der Waals surface area contributed by atoms with Crippen molar-refractivity contribution in [1.29, 1.82) is 0 Å². The minimum Gasteiger partial charge on any atom is -0.478 e. The number of carbonyl (C=O) groups is 4. The van der Waals surface area contributed by atoms with E-state index in [0.717, 1.165) is 65.8 Å². The number of carboxylic acids is 1. The Labute approximate surface area is 365 Å². The van der Waals surface area contributed by atoms with E-state index in [4.69, 9.17) is 31.8 Å². The second-order valence-electron chi connectivity index (χ2n) is 16.3. The Morgan fingerprint density at radius 1 is 0.672 bits per heavy atom. The van der Waals surface area contributed by atoms with Gasteiger partial charge in [0.05, 0.1) is 29.0 Å². The normalized spacial score (nSPS) is 24.4. The summed E-state index contributed by atoms with van der Waals surface area (Å²) in [7, 11) is 0. The molecule has 4 fully saturated rings. The van der Waals surface area contributed by atoms with Gasteiger partial charge in [-0.2, -0.15) is 10.2 Å². The third-order valence-corrected chi connectivity index (χ3v) is 12.7. The van der Waals surface area contributed by atoms with Gasteiger partial charge in [0.2, 0.25) is 11.8 Å². The SMILES string of the molecule is NC(=O)c1cccnc1OC1CC2(CC(N)C2)C1.NC(=O)c1cccnc1OC1CC2(CC(NC(=O)c3cnn4cc(Br)ccc34)C2)C1.O=C(O)c1cnn2cc(Br)ccc12. The van der Waals surface area contributed by atoms with Gasteiger partial charge in [0.1, 0.15) is 28.9 Å². The Balaban J connectivity index is 0.000000140. The lowest BCUT2D eigenvalue weighted by atomic mass is 9.53. The molecular formula is C42H42Br2N10O7. The van der Waals surface area contributed by atoms with E-state index in [2.05, 4.69) is 57.3 Å². The molecule has 0 aromatic carbocycles. The number of aromatic nitrogens is 6. The van der Waals surface area contributed by atoms with Gasteiger partial charge in [0.15, 0.2) is 0 Å². The average Bonchev–Trinajstić information content (AvgIpc) is 3.79. The number of nitrogens with one attached hydrogen (secondary N) is 1. The van der Waals surface area contributed by atoms with Crippen LogP contribution in [0.4, 0.5) is 0 Å². The number of amides is 3. The number of halogens is 2. The van der Waals surface area contributed by atoms with Gasteiger partial charge in [-0.3, -0.25) is 14.4 Å². The number of hydrogen-bond donors (Lipinski definition) is 5. The summed E-state index contributed by atoms with van der Waals surface area (Å²) in [5, 5.41) is 20.0. The van der Waals surface area contributed by atoms with E-state index in [1.165, 1.54) is 10.7 Å². The minimum absolute atomic E-state index is 0.0210. The molecule has 4 saturated carbocycles. The van der Waals surface area contributed by atoms with Crippen LogP contribution in [0.1, 0.15) is 92.8 Å². The Morgan fingerprint density at radius 3 is 1.59 bits per heavy atom. The molecule has 6 heterocycles. The molecule has 61 heavy (non-hydrogen) atoms. The largest absolute Gasteiger partial charge is 0.478 e. The molecule has 3 amide bonds. The first-order valence-corrected chi connectivity index (χ1v) is 21.2. The number of ether oxygens (including phenoxy) is 2. The molecule has 8 N–H and O–H groups in total. The lowest BCUT2D eigenvalue weighted by molar-refractivity contribution is -0.0848. The topological polar surface area (TPSA) is 257 Å². The molecule has 316 valence electrons. The summed E-state index contributed by atoms with van der Waals surface area (Å²) in [6.45, 7) is 0. The van der Waals surface area contributed by atoms with Gasteiger partial charge in [-0.15, -0.1) is 0 Å². The average molecular weight is 959 g/mol.